The third-order valence-electron chi connectivity index (χ3n) is 1.27. The van der Waals surface area contributed by atoms with E-state index in [0.717, 1.165) is 0 Å². The van der Waals surface area contributed by atoms with Gasteiger partial charge in [-0.1, -0.05) is 59.1 Å². The first-order valence-corrected chi connectivity index (χ1v) is 4.07. The SMILES string of the molecule is [CH]c1ccccc1C(Cl)(Cl)Cl. The van der Waals surface area contributed by atoms with Crippen LogP contribution in [-0.4, -0.2) is 0 Å². The van der Waals surface area contributed by atoms with Gasteiger partial charge < -0.3 is 0 Å². The smallest absolute Gasteiger partial charge is 0.0784 e. The van der Waals surface area contributed by atoms with E-state index in [0.29, 0.717) is 11.1 Å². The maximum absolute atomic E-state index is 5.61. The Morgan fingerprint density at radius 2 is 1.64 bits per heavy atom. The molecule has 0 aliphatic rings. The Hall–Kier alpha value is 0.0900. The Kier molecular flexibility index (Phi) is 2.69. The highest BCUT2D eigenvalue weighted by Gasteiger charge is 2.23. The molecule has 1 rings (SSSR count). The number of hydrogen-bond donors (Lipinski definition) is 0. The largest absolute Gasteiger partial charge is 0.216 e. The summed E-state index contributed by atoms with van der Waals surface area (Å²) in [6, 6.07) is 6.93. The van der Waals surface area contributed by atoms with Crippen molar-refractivity contribution >= 4 is 34.8 Å². The fourth-order valence-corrected chi connectivity index (χ4v) is 1.27. The summed E-state index contributed by atoms with van der Waals surface area (Å²) in [5, 5.41) is 0. The van der Waals surface area contributed by atoms with Crippen LogP contribution >= 0.6 is 34.8 Å². The molecule has 0 atom stereocenters. The Morgan fingerprint density at radius 1 is 1.09 bits per heavy atom. The van der Waals surface area contributed by atoms with Gasteiger partial charge in [-0.15, -0.1) is 0 Å². The first kappa shape index (κ1) is 9.18. The Morgan fingerprint density at radius 3 is 2.00 bits per heavy atom. The van der Waals surface area contributed by atoms with E-state index in [-0.39, 0.29) is 0 Å². The van der Waals surface area contributed by atoms with Gasteiger partial charge in [0.05, 0.1) is 0 Å². The molecule has 0 heterocycles. The molecule has 58 valence electrons. The van der Waals surface area contributed by atoms with Crippen LogP contribution in [0.4, 0.5) is 0 Å². The van der Waals surface area contributed by atoms with Crippen LogP contribution in [-0.2, 0) is 3.79 Å². The highest BCUT2D eigenvalue weighted by atomic mass is 35.6. The van der Waals surface area contributed by atoms with E-state index < -0.39 is 3.79 Å². The van der Waals surface area contributed by atoms with Gasteiger partial charge in [-0.3, -0.25) is 0 Å². The van der Waals surface area contributed by atoms with Crippen molar-refractivity contribution in [2.75, 3.05) is 0 Å². The summed E-state index contributed by atoms with van der Waals surface area (Å²) < 4.78 is -1.43. The van der Waals surface area contributed by atoms with Crippen molar-refractivity contribution in [2.45, 2.75) is 3.79 Å². The van der Waals surface area contributed by atoms with Gasteiger partial charge in [0.25, 0.3) is 0 Å². The third kappa shape index (κ3) is 2.26. The molecule has 0 fully saturated rings. The number of rotatable bonds is 0. The second-order valence-electron chi connectivity index (χ2n) is 2.09. The molecule has 0 aliphatic carbocycles. The van der Waals surface area contributed by atoms with Crippen molar-refractivity contribution in [3.8, 4) is 0 Å². The molecule has 3 heteroatoms. The van der Waals surface area contributed by atoms with Crippen LogP contribution < -0.4 is 0 Å². The maximum Gasteiger partial charge on any atom is 0.216 e. The topological polar surface area (TPSA) is 0 Å². The molecule has 0 bridgehead atoms. The van der Waals surface area contributed by atoms with Crippen LogP contribution in [0.25, 0.3) is 0 Å². The summed E-state index contributed by atoms with van der Waals surface area (Å²) in [7, 11) is 0. The summed E-state index contributed by atoms with van der Waals surface area (Å²) in [6.07, 6.45) is 0. The number of halogens is 3. The molecule has 0 amide bonds. The second-order valence-corrected chi connectivity index (χ2v) is 4.37. The van der Waals surface area contributed by atoms with Gasteiger partial charge in [0.15, 0.2) is 0 Å². The Labute approximate surface area is 81.1 Å². The van der Waals surface area contributed by atoms with Crippen LogP contribution in [0, 0.1) is 6.92 Å². The average Bonchev–Trinajstić information content (AvgIpc) is 1.86. The quantitative estimate of drug-likeness (QED) is 0.571. The summed E-state index contributed by atoms with van der Waals surface area (Å²) in [5.74, 6) is 0. The first-order chi connectivity index (χ1) is 5.02. The lowest BCUT2D eigenvalue weighted by Crippen LogP contribution is -2.01. The van der Waals surface area contributed by atoms with Crippen molar-refractivity contribution in [3.05, 3.63) is 42.3 Å². The van der Waals surface area contributed by atoms with E-state index in [1.54, 1.807) is 24.3 Å². The highest BCUT2D eigenvalue weighted by molar-refractivity contribution is 6.66. The molecule has 0 saturated heterocycles. The van der Waals surface area contributed by atoms with Gasteiger partial charge in [0.2, 0.25) is 3.79 Å². The van der Waals surface area contributed by atoms with Crippen LogP contribution in [0.1, 0.15) is 11.1 Å². The van der Waals surface area contributed by atoms with Crippen LogP contribution in [0.2, 0.25) is 0 Å². The Bertz CT molecular complexity index is 250. The fourth-order valence-electron chi connectivity index (χ4n) is 0.755. The van der Waals surface area contributed by atoms with Gasteiger partial charge in [0.1, 0.15) is 0 Å². The molecule has 0 spiro atoms. The minimum Gasteiger partial charge on any atom is -0.0784 e. The van der Waals surface area contributed by atoms with E-state index in [4.69, 9.17) is 41.7 Å². The molecule has 1 aromatic rings. The van der Waals surface area contributed by atoms with E-state index in [9.17, 15) is 0 Å². The molecule has 0 aromatic heterocycles. The predicted molar refractivity (Wildman–Crippen MR) is 49.1 cm³/mol. The molecule has 0 nitrogen and oxygen atoms in total. The van der Waals surface area contributed by atoms with Crippen molar-refractivity contribution in [1.29, 1.82) is 0 Å². The third-order valence-corrected chi connectivity index (χ3v) is 1.88. The summed E-state index contributed by atoms with van der Waals surface area (Å²) in [6.45, 7) is 5.55. The molecular formula is C8H5Cl3. The molecule has 0 saturated carbocycles. The van der Waals surface area contributed by atoms with Crippen molar-refractivity contribution in [3.63, 3.8) is 0 Å². The lowest BCUT2D eigenvalue weighted by Gasteiger charge is -2.12. The summed E-state index contributed by atoms with van der Waals surface area (Å²) in [5.41, 5.74) is 1.01. The van der Waals surface area contributed by atoms with Crippen molar-refractivity contribution < 1.29 is 0 Å². The Balaban J connectivity index is 3.14. The molecule has 11 heavy (non-hydrogen) atoms. The molecule has 0 aliphatic heterocycles. The van der Waals surface area contributed by atoms with E-state index in [2.05, 4.69) is 0 Å². The second kappa shape index (κ2) is 3.22. The van der Waals surface area contributed by atoms with Gasteiger partial charge in [-0.05, 0) is 12.5 Å². The average molecular weight is 207 g/mol. The monoisotopic (exact) mass is 206 g/mol. The summed E-state index contributed by atoms with van der Waals surface area (Å²) in [4.78, 5) is 0. The lowest BCUT2D eigenvalue weighted by molar-refractivity contribution is 1.22. The van der Waals surface area contributed by atoms with Crippen LogP contribution in [0.15, 0.2) is 24.3 Å². The van der Waals surface area contributed by atoms with Crippen LogP contribution in [0.3, 0.4) is 0 Å². The normalized spacial score (nSPS) is 11.6. The zero-order chi connectivity index (χ0) is 8.48. The minimum atomic E-state index is -1.43. The fraction of sp³-hybridized carbons (Fsp3) is 0.125. The number of hydrogen-bond acceptors (Lipinski definition) is 0. The summed E-state index contributed by atoms with van der Waals surface area (Å²) >= 11 is 16.8. The molecule has 2 radical (unpaired) electrons. The van der Waals surface area contributed by atoms with E-state index >= 15 is 0 Å². The first-order valence-electron chi connectivity index (χ1n) is 2.93. The van der Waals surface area contributed by atoms with Crippen molar-refractivity contribution in [2.24, 2.45) is 0 Å². The molecule has 0 N–H and O–H groups in total. The highest BCUT2D eigenvalue weighted by Crippen LogP contribution is 2.39. The van der Waals surface area contributed by atoms with E-state index in [1.807, 2.05) is 0 Å². The van der Waals surface area contributed by atoms with Gasteiger partial charge in [-0.25, -0.2) is 0 Å². The molecule has 0 unspecified atom stereocenters. The van der Waals surface area contributed by atoms with Gasteiger partial charge in [-0.2, -0.15) is 0 Å². The van der Waals surface area contributed by atoms with E-state index in [1.165, 1.54) is 0 Å². The maximum atomic E-state index is 5.61. The van der Waals surface area contributed by atoms with Gasteiger partial charge >= 0.3 is 0 Å². The van der Waals surface area contributed by atoms with Gasteiger partial charge in [0, 0.05) is 5.56 Å². The zero-order valence-corrected chi connectivity index (χ0v) is 7.79. The predicted octanol–water partition coefficient (Wildman–Crippen LogP) is 3.57. The molecule has 1 aromatic carbocycles. The van der Waals surface area contributed by atoms with Crippen LogP contribution in [0.5, 0.6) is 0 Å². The number of alkyl halides is 3. The standard InChI is InChI=1S/C8H5Cl3/c1-6-4-2-3-5-7(6)8(9,10)11/h1-5H. The molecular weight excluding hydrogens is 202 g/mol. The zero-order valence-electron chi connectivity index (χ0n) is 5.52. The lowest BCUT2D eigenvalue weighted by atomic mass is 10.1. The minimum absolute atomic E-state index is 0.493. The van der Waals surface area contributed by atoms with Crippen molar-refractivity contribution in [1.82, 2.24) is 0 Å². The number of benzene rings is 1.